The van der Waals surface area contributed by atoms with Gasteiger partial charge in [0.1, 0.15) is 5.69 Å². The Labute approximate surface area is 204 Å². The number of imidazole rings is 1. The number of aliphatic hydroxyl groups is 1. The van der Waals surface area contributed by atoms with Crippen LogP contribution in [0, 0.1) is 11.7 Å². The molecule has 11 heteroatoms. The van der Waals surface area contributed by atoms with Crippen LogP contribution in [-0.4, -0.2) is 44.6 Å². The molecule has 5 rings (SSSR count). The van der Waals surface area contributed by atoms with Gasteiger partial charge in [0.15, 0.2) is 11.5 Å². The number of aromatic nitrogens is 3. The van der Waals surface area contributed by atoms with Crippen LogP contribution in [0.15, 0.2) is 30.6 Å². The third-order valence-electron chi connectivity index (χ3n) is 6.92. The fourth-order valence-electron chi connectivity index (χ4n) is 4.97. The Morgan fingerprint density at radius 2 is 1.86 bits per heavy atom. The summed E-state index contributed by atoms with van der Waals surface area (Å²) in [5.74, 6) is -3.55. The van der Waals surface area contributed by atoms with E-state index >= 15 is 4.39 Å². The number of hydrogen-bond donors (Lipinski definition) is 3. The van der Waals surface area contributed by atoms with E-state index in [9.17, 15) is 23.1 Å². The number of hydrogen-bond acceptors (Lipinski definition) is 5. The van der Waals surface area contributed by atoms with Crippen LogP contribution in [0.3, 0.4) is 0 Å². The van der Waals surface area contributed by atoms with Crippen LogP contribution >= 0.6 is 0 Å². The molecule has 1 aliphatic carbocycles. The zero-order chi connectivity index (χ0) is 25.8. The second-order valence-corrected chi connectivity index (χ2v) is 10.1. The molecular formula is C25H27F4N5O2. The summed E-state index contributed by atoms with van der Waals surface area (Å²) in [6.45, 7) is 4.48. The van der Waals surface area contributed by atoms with Gasteiger partial charge in [-0.1, -0.05) is 6.07 Å². The lowest BCUT2D eigenvalue weighted by atomic mass is 9.95. The number of nitrogens with zero attached hydrogens (tertiary/aromatic N) is 3. The topological polar surface area (TPSA) is 91.5 Å². The highest BCUT2D eigenvalue weighted by Crippen LogP contribution is 2.55. The fraction of sp³-hybridized carbons (Fsp3) is 0.480. The maximum atomic E-state index is 15.7. The molecule has 1 amide bonds. The molecule has 2 fully saturated rings. The van der Waals surface area contributed by atoms with E-state index in [1.54, 1.807) is 6.20 Å². The van der Waals surface area contributed by atoms with Gasteiger partial charge >= 0.3 is 6.18 Å². The Hall–Kier alpha value is -3.05. The molecule has 2 atom stereocenters. The maximum Gasteiger partial charge on any atom is 0.392 e. The molecular weight excluding hydrogens is 478 g/mol. The van der Waals surface area contributed by atoms with Crippen molar-refractivity contribution >= 4 is 17.2 Å². The summed E-state index contributed by atoms with van der Waals surface area (Å²) < 4.78 is 56.1. The van der Waals surface area contributed by atoms with E-state index in [-0.39, 0.29) is 40.6 Å². The second-order valence-electron chi connectivity index (χ2n) is 10.1. The number of rotatable bonds is 5. The molecule has 3 aromatic rings. The van der Waals surface area contributed by atoms with Crippen molar-refractivity contribution in [3.8, 4) is 0 Å². The summed E-state index contributed by atoms with van der Waals surface area (Å²) in [7, 11) is 0. The largest absolute Gasteiger partial charge is 0.392 e. The van der Waals surface area contributed by atoms with Crippen molar-refractivity contribution < 1.29 is 27.5 Å². The van der Waals surface area contributed by atoms with Crippen LogP contribution in [0.1, 0.15) is 72.4 Å². The quantitative estimate of drug-likeness (QED) is 0.445. The van der Waals surface area contributed by atoms with E-state index in [2.05, 4.69) is 20.6 Å². The van der Waals surface area contributed by atoms with Gasteiger partial charge < -0.3 is 20.1 Å². The molecule has 3 N–H and O–H groups in total. The summed E-state index contributed by atoms with van der Waals surface area (Å²) in [4.78, 5) is 21.7. The minimum absolute atomic E-state index is 0.0264. The minimum Gasteiger partial charge on any atom is -0.386 e. The van der Waals surface area contributed by atoms with Crippen molar-refractivity contribution in [1.29, 1.82) is 0 Å². The number of amides is 1. The SMILES string of the molecule is CC(C)(O)c1c(NC(=O)c2cccc([C@H]3C[C@@H]3C(F)(F)F)n2)cn2cc(C3CCNCC3)nc2c1F. The molecule has 1 aliphatic heterocycles. The lowest BCUT2D eigenvalue weighted by molar-refractivity contribution is -0.148. The average Bonchev–Trinajstić information content (AvgIpc) is 3.52. The molecule has 4 heterocycles. The van der Waals surface area contributed by atoms with Gasteiger partial charge in [0.05, 0.1) is 22.9 Å². The molecule has 0 aromatic carbocycles. The third kappa shape index (κ3) is 4.69. The first-order valence-electron chi connectivity index (χ1n) is 11.9. The number of pyridine rings is 2. The van der Waals surface area contributed by atoms with E-state index in [1.165, 1.54) is 42.6 Å². The van der Waals surface area contributed by atoms with E-state index in [1.807, 2.05) is 0 Å². The zero-order valence-corrected chi connectivity index (χ0v) is 19.9. The van der Waals surface area contributed by atoms with Gasteiger partial charge in [0, 0.05) is 35.5 Å². The monoisotopic (exact) mass is 505 g/mol. The van der Waals surface area contributed by atoms with Crippen molar-refractivity contribution in [1.82, 2.24) is 19.7 Å². The zero-order valence-electron chi connectivity index (χ0n) is 19.9. The summed E-state index contributed by atoms with van der Waals surface area (Å²) in [5.41, 5.74) is -0.887. The number of carbonyl (C=O) groups excluding carboxylic acids is 1. The van der Waals surface area contributed by atoms with Crippen molar-refractivity contribution in [2.45, 2.75) is 56.7 Å². The number of fused-ring (bicyclic) bond motifs is 1. The van der Waals surface area contributed by atoms with Gasteiger partial charge in [0.2, 0.25) is 0 Å². The molecule has 2 aliphatic rings. The van der Waals surface area contributed by atoms with Crippen LogP contribution in [-0.2, 0) is 5.60 Å². The van der Waals surface area contributed by atoms with Crippen molar-refractivity contribution in [2.75, 3.05) is 18.4 Å². The second kappa shape index (κ2) is 8.81. The van der Waals surface area contributed by atoms with Crippen LogP contribution in [0.5, 0.6) is 0 Å². The molecule has 0 bridgehead atoms. The lowest BCUT2D eigenvalue weighted by Gasteiger charge is -2.23. The Bertz CT molecular complexity index is 1310. The van der Waals surface area contributed by atoms with Crippen LogP contribution in [0.2, 0.25) is 0 Å². The maximum absolute atomic E-state index is 15.7. The van der Waals surface area contributed by atoms with Gasteiger partial charge in [-0.15, -0.1) is 0 Å². The van der Waals surface area contributed by atoms with E-state index in [0.29, 0.717) is 0 Å². The number of halogens is 4. The van der Waals surface area contributed by atoms with Gasteiger partial charge in [-0.2, -0.15) is 13.2 Å². The Kier molecular flexibility index (Phi) is 6.03. The molecule has 0 radical (unpaired) electrons. The first-order chi connectivity index (χ1) is 16.9. The fourth-order valence-corrected chi connectivity index (χ4v) is 4.97. The molecule has 0 spiro atoms. The molecule has 0 unspecified atom stereocenters. The number of anilines is 1. The first kappa shape index (κ1) is 24.6. The predicted octanol–water partition coefficient (Wildman–Crippen LogP) is 4.48. The highest BCUT2D eigenvalue weighted by molar-refractivity contribution is 6.03. The van der Waals surface area contributed by atoms with Crippen LogP contribution in [0.25, 0.3) is 5.65 Å². The number of nitrogens with one attached hydrogen (secondary N) is 2. The lowest BCUT2D eigenvalue weighted by Crippen LogP contribution is -2.26. The summed E-state index contributed by atoms with van der Waals surface area (Å²) >= 11 is 0. The molecule has 3 aromatic heterocycles. The normalized spacial score (nSPS) is 21.1. The van der Waals surface area contributed by atoms with Crippen LogP contribution < -0.4 is 10.6 Å². The molecule has 1 saturated heterocycles. The summed E-state index contributed by atoms with van der Waals surface area (Å²) in [5, 5.41) is 16.6. The highest BCUT2D eigenvalue weighted by atomic mass is 19.4. The summed E-state index contributed by atoms with van der Waals surface area (Å²) in [6, 6.07) is 4.33. The number of carbonyl (C=O) groups is 1. The van der Waals surface area contributed by atoms with Gasteiger partial charge in [-0.05, 0) is 58.3 Å². The van der Waals surface area contributed by atoms with Crippen molar-refractivity contribution in [3.05, 3.63) is 59.1 Å². The van der Waals surface area contributed by atoms with Gasteiger partial charge in [-0.3, -0.25) is 4.79 Å². The standard InChI is InChI=1S/C25H27F4N5O2/c1-24(2,36)20-19(12-34-11-18(32-22(34)21(20)26)13-6-8-30-9-7-13)33-23(35)17-5-3-4-16(31-17)14-10-15(14)25(27,28)29/h3-5,11-15,30,36H,6-10H2,1-2H3,(H,33,35)/t14-,15-/m0/s1. The molecule has 36 heavy (non-hydrogen) atoms. The Morgan fingerprint density at radius 1 is 1.14 bits per heavy atom. The third-order valence-corrected chi connectivity index (χ3v) is 6.92. The summed E-state index contributed by atoms with van der Waals surface area (Å²) in [6.07, 6.45) is 0.577. The Morgan fingerprint density at radius 3 is 2.50 bits per heavy atom. The Balaban J connectivity index is 1.47. The van der Waals surface area contributed by atoms with Gasteiger partial charge in [-0.25, -0.2) is 14.4 Å². The van der Waals surface area contributed by atoms with Crippen molar-refractivity contribution in [3.63, 3.8) is 0 Å². The van der Waals surface area contributed by atoms with E-state index < -0.39 is 35.3 Å². The highest BCUT2D eigenvalue weighted by Gasteiger charge is 2.56. The minimum atomic E-state index is -4.31. The first-order valence-corrected chi connectivity index (χ1v) is 11.9. The number of alkyl halides is 3. The smallest absolute Gasteiger partial charge is 0.386 e. The number of piperidine rings is 1. The van der Waals surface area contributed by atoms with Crippen LogP contribution in [0.4, 0.5) is 23.2 Å². The molecule has 192 valence electrons. The van der Waals surface area contributed by atoms with E-state index in [0.717, 1.165) is 31.6 Å². The van der Waals surface area contributed by atoms with Gasteiger partial charge in [0.25, 0.3) is 5.91 Å². The van der Waals surface area contributed by atoms with Crippen molar-refractivity contribution in [2.24, 2.45) is 5.92 Å². The van der Waals surface area contributed by atoms with E-state index in [4.69, 9.17) is 0 Å². The molecule has 7 nitrogen and oxygen atoms in total. The predicted molar refractivity (Wildman–Crippen MR) is 124 cm³/mol. The average molecular weight is 506 g/mol. The molecule has 1 saturated carbocycles.